The second kappa shape index (κ2) is 5.26. The molecule has 0 atom stereocenters. The molecule has 1 N–H and O–H groups in total. The van der Waals surface area contributed by atoms with E-state index >= 15 is 0 Å². The van der Waals surface area contributed by atoms with E-state index in [-0.39, 0.29) is 16.7 Å². The average Bonchev–Trinajstić information content (AvgIpc) is 2.39. The van der Waals surface area contributed by atoms with Gasteiger partial charge >= 0.3 is 0 Å². The summed E-state index contributed by atoms with van der Waals surface area (Å²) in [6.45, 7) is 1.18. The SMILES string of the molecule is CN(C1CCOCC1)S(=O)(=O)c1cccc(O)c1. The lowest BCUT2D eigenvalue weighted by Crippen LogP contribution is -2.40. The van der Waals surface area contributed by atoms with E-state index in [9.17, 15) is 13.5 Å². The van der Waals surface area contributed by atoms with Crippen LogP contribution in [0.3, 0.4) is 0 Å². The predicted molar refractivity (Wildman–Crippen MR) is 66.9 cm³/mol. The van der Waals surface area contributed by atoms with Crippen molar-refractivity contribution in [2.45, 2.75) is 23.8 Å². The van der Waals surface area contributed by atoms with Gasteiger partial charge in [0.2, 0.25) is 10.0 Å². The predicted octanol–water partition coefficient (Wildman–Crippen LogP) is 1.19. The maximum atomic E-state index is 12.4. The molecule has 18 heavy (non-hydrogen) atoms. The summed E-state index contributed by atoms with van der Waals surface area (Å²) in [6, 6.07) is 5.70. The summed E-state index contributed by atoms with van der Waals surface area (Å²) in [5.41, 5.74) is 0. The number of hydrogen-bond acceptors (Lipinski definition) is 4. The largest absolute Gasteiger partial charge is 0.508 e. The third-order valence-corrected chi connectivity index (χ3v) is 5.11. The van der Waals surface area contributed by atoms with Crippen molar-refractivity contribution in [2.75, 3.05) is 20.3 Å². The fourth-order valence-electron chi connectivity index (χ4n) is 2.06. The maximum Gasteiger partial charge on any atom is 0.243 e. The Kier molecular flexibility index (Phi) is 3.89. The first-order chi connectivity index (χ1) is 8.51. The highest BCUT2D eigenvalue weighted by Gasteiger charge is 2.29. The summed E-state index contributed by atoms with van der Waals surface area (Å²) in [5.74, 6) is -0.0450. The smallest absolute Gasteiger partial charge is 0.243 e. The molecule has 0 aromatic heterocycles. The number of phenols is 1. The first-order valence-corrected chi connectivity index (χ1v) is 7.30. The van der Waals surface area contributed by atoms with Crippen molar-refractivity contribution in [2.24, 2.45) is 0 Å². The van der Waals surface area contributed by atoms with Gasteiger partial charge in [-0.15, -0.1) is 0 Å². The molecule has 0 radical (unpaired) electrons. The van der Waals surface area contributed by atoms with Crippen molar-refractivity contribution < 1.29 is 18.3 Å². The third-order valence-electron chi connectivity index (χ3n) is 3.20. The first-order valence-electron chi connectivity index (χ1n) is 5.86. The molecule has 1 aliphatic heterocycles. The van der Waals surface area contributed by atoms with Gasteiger partial charge in [0.1, 0.15) is 5.75 Å². The molecule has 0 bridgehead atoms. The fraction of sp³-hybridized carbons (Fsp3) is 0.500. The Morgan fingerprint density at radius 1 is 1.33 bits per heavy atom. The molecule has 2 rings (SSSR count). The molecule has 1 aliphatic rings. The Hall–Kier alpha value is -1.11. The topological polar surface area (TPSA) is 66.8 Å². The highest BCUT2D eigenvalue weighted by molar-refractivity contribution is 7.89. The molecule has 1 saturated heterocycles. The highest BCUT2D eigenvalue weighted by atomic mass is 32.2. The van der Waals surface area contributed by atoms with Crippen molar-refractivity contribution in [1.82, 2.24) is 4.31 Å². The van der Waals surface area contributed by atoms with Gasteiger partial charge in [-0.2, -0.15) is 4.31 Å². The van der Waals surface area contributed by atoms with Crippen LogP contribution < -0.4 is 0 Å². The summed E-state index contributed by atoms with van der Waals surface area (Å²) in [6.07, 6.45) is 1.41. The van der Waals surface area contributed by atoms with Crippen LogP contribution in [-0.2, 0) is 14.8 Å². The van der Waals surface area contributed by atoms with Gasteiger partial charge in [-0.25, -0.2) is 8.42 Å². The molecule has 0 spiro atoms. The Balaban J connectivity index is 2.24. The van der Waals surface area contributed by atoms with Gasteiger partial charge in [-0.05, 0) is 31.0 Å². The van der Waals surface area contributed by atoms with E-state index in [0.29, 0.717) is 26.1 Å². The van der Waals surface area contributed by atoms with Crippen LogP contribution in [0.4, 0.5) is 0 Å². The molecule has 6 heteroatoms. The molecule has 1 aromatic rings. The first kappa shape index (κ1) is 13.3. The number of ether oxygens (including phenoxy) is 1. The Bertz CT molecular complexity index is 509. The third kappa shape index (κ3) is 2.66. The standard InChI is InChI=1S/C12H17NO4S/c1-13(10-5-7-17-8-6-10)18(15,16)12-4-2-3-11(14)9-12/h2-4,9-10,14H,5-8H2,1H3. The van der Waals surface area contributed by atoms with Crippen molar-refractivity contribution >= 4 is 10.0 Å². The number of phenolic OH excluding ortho intramolecular Hbond substituents is 1. The molecule has 0 aliphatic carbocycles. The van der Waals surface area contributed by atoms with Crippen LogP contribution in [0, 0.1) is 0 Å². The minimum Gasteiger partial charge on any atom is -0.508 e. The van der Waals surface area contributed by atoms with E-state index in [1.54, 1.807) is 7.05 Å². The summed E-state index contributed by atoms with van der Waals surface area (Å²) < 4.78 is 31.3. The molecular weight excluding hydrogens is 254 g/mol. The molecule has 0 amide bonds. The Morgan fingerprint density at radius 3 is 2.61 bits per heavy atom. The van der Waals surface area contributed by atoms with E-state index < -0.39 is 10.0 Å². The van der Waals surface area contributed by atoms with Crippen LogP contribution in [0.1, 0.15) is 12.8 Å². The van der Waals surface area contributed by atoms with Crippen LogP contribution in [0.25, 0.3) is 0 Å². The monoisotopic (exact) mass is 271 g/mol. The van der Waals surface area contributed by atoms with Crippen molar-refractivity contribution in [1.29, 1.82) is 0 Å². The van der Waals surface area contributed by atoms with Gasteiger partial charge in [0, 0.05) is 26.3 Å². The molecule has 0 saturated carbocycles. The molecule has 1 aromatic carbocycles. The quantitative estimate of drug-likeness (QED) is 0.896. The minimum absolute atomic E-state index is 0.0360. The Morgan fingerprint density at radius 2 is 2.00 bits per heavy atom. The number of nitrogens with zero attached hydrogens (tertiary/aromatic N) is 1. The molecule has 1 fully saturated rings. The number of sulfonamides is 1. The van der Waals surface area contributed by atoms with Crippen molar-refractivity contribution in [3.63, 3.8) is 0 Å². The van der Waals surface area contributed by atoms with E-state index in [1.165, 1.54) is 28.6 Å². The Labute approximate surface area is 107 Å². The lowest BCUT2D eigenvalue weighted by Gasteiger charge is -2.30. The van der Waals surface area contributed by atoms with Gasteiger partial charge < -0.3 is 9.84 Å². The van der Waals surface area contributed by atoms with Crippen LogP contribution in [0.15, 0.2) is 29.2 Å². The van der Waals surface area contributed by atoms with E-state index in [4.69, 9.17) is 4.74 Å². The molecular formula is C12H17NO4S. The second-order valence-electron chi connectivity index (χ2n) is 4.36. The van der Waals surface area contributed by atoms with Gasteiger partial charge in [0.25, 0.3) is 0 Å². The minimum atomic E-state index is -3.54. The molecule has 100 valence electrons. The number of hydrogen-bond donors (Lipinski definition) is 1. The maximum absolute atomic E-state index is 12.4. The van der Waals surface area contributed by atoms with Crippen molar-refractivity contribution in [3.8, 4) is 5.75 Å². The molecule has 0 unspecified atom stereocenters. The van der Waals surface area contributed by atoms with Gasteiger partial charge in [0.15, 0.2) is 0 Å². The van der Waals surface area contributed by atoms with Crippen molar-refractivity contribution in [3.05, 3.63) is 24.3 Å². The number of rotatable bonds is 3. The van der Waals surface area contributed by atoms with Gasteiger partial charge in [0.05, 0.1) is 4.90 Å². The van der Waals surface area contributed by atoms with E-state index in [0.717, 1.165) is 0 Å². The average molecular weight is 271 g/mol. The van der Waals surface area contributed by atoms with Crippen LogP contribution >= 0.6 is 0 Å². The van der Waals surface area contributed by atoms with Gasteiger partial charge in [-0.3, -0.25) is 0 Å². The fourth-order valence-corrected chi connectivity index (χ4v) is 3.51. The van der Waals surface area contributed by atoms with Crippen LogP contribution in [0.2, 0.25) is 0 Å². The summed E-state index contributed by atoms with van der Waals surface area (Å²) in [5, 5.41) is 9.37. The zero-order valence-corrected chi connectivity index (χ0v) is 11.1. The van der Waals surface area contributed by atoms with E-state index in [2.05, 4.69) is 0 Å². The zero-order chi connectivity index (χ0) is 13.2. The van der Waals surface area contributed by atoms with E-state index in [1.807, 2.05) is 0 Å². The van der Waals surface area contributed by atoms with Gasteiger partial charge in [-0.1, -0.05) is 6.07 Å². The molecule has 5 nitrogen and oxygen atoms in total. The van der Waals surface area contributed by atoms with Crippen LogP contribution in [0.5, 0.6) is 5.75 Å². The van der Waals surface area contributed by atoms with Crippen LogP contribution in [-0.4, -0.2) is 44.1 Å². The highest BCUT2D eigenvalue weighted by Crippen LogP contribution is 2.23. The normalized spacial score (nSPS) is 18.1. The zero-order valence-electron chi connectivity index (χ0n) is 10.2. The molecule has 1 heterocycles. The number of benzene rings is 1. The summed E-state index contributed by atoms with van der Waals surface area (Å²) >= 11 is 0. The summed E-state index contributed by atoms with van der Waals surface area (Å²) in [7, 11) is -1.96. The lowest BCUT2D eigenvalue weighted by molar-refractivity contribution is 0.0632. The second-order valence-corrected chi connectivity index (χ2v) is 6.36. The summed E-state index contributed by atoms with van der Waals surface area (Å²) in [4.78, 5) is 0.122. The lowest BCUT2D eigenvalue weighted by atomic mass is 10.1. The number of aromatic hydroxyl groups is 1.